The van der Waals surface area contributed by atoms with E-state index in [9.17, 15) is 45.0 Å². The van der Waals surface area contributed by atoms with Gasteiger partial charge >= 0.3 is 5.97 Å². The van der Waals surface area contributed by atoms with Crippen LogP contribution in [0.1, 0.15) is 115 Å². The fourth-order valence-electron chi connectivity index (χ4n) is 9.07. The van der Waals surface area contributed by atoms with Gasteiger partial charge in [0, 0.05) is 81.7 Å². The third-order valence-corrected chi connectivity index (χ3v) is 13.5. The molecule has 0 aromatic rings. The monoisotopic (exact) mass is 1140 g/mol. The van der Waals surface area contributed by atoms with Crippen LogP contribution in [-0.2, 0) is 28.6 Å². The smallest absolute Gasteiger partial charge is 0.330 e. The van der Waals surface area contributed by atoms with E-state index in [0.717, 1.165) is 27.8 Å². The van der Waals surface area contributed by atoms with Crippen molar-refractivity contribution >= 4 is 87.1 Å². The Morgan fingerprint density at radius 3 is 1.75 bits per heavy atom. The first-order valence-corrected chi connectivity index (χ1v) is 26.6. The van der Waals surface area contributed by atoms with Gasteiger partial charge in [-0.15, -0.1) is 0 Å². The van der Waals surface area contributed by atoms with Crippen molar-refractivity contribution in [2.45, 2.75) is 183 Å². The molecule has 0 saturated carbocycles. The Morgan fingerprint density at radius 1 is 0.746 bits per heavy atom. The lowest BCUT2D eigenvalue weighted by atomic mass is 9.74. The van der Waals surface area contributed by atoms with Gasteiger partial charge in [-0.25, -0.2) is 4.79 Å². The first-order valence-electron chi connectivity index (χ1n) is 23.9. The Balaban J connectivity index is -0.00000296. The van der Waals surface area contributed by atoms with Crippen LogP contribution in [0.5, 0.6) is 0 Å². The van der Waals surface area contributed by atoms with Crippen molar-refractivity contribution < 1.29 is 74.6 Å². The molecule has 19 atom stereocenters. The van der Waals surface area contributed by atoms with Crippen molar-refractivity contribution in [1.29, 1.82) is 0 Å². The predicted molar refractivity (Wildman–Crippen MR) is 283 cm³/mol. The summed E-state index contributed by atoms with van der Waals surface area (Å²) >= 11 is 28.8. The molecule has 3 aliphatic rings. The van der Waals surface area contributed by atoms with E-state index >= 15 is 0 Å². The Labute approximate surface area is 453 Å². The van der Waals surface area contributed by atoms with E-state index in [-0.39, 0.29) is 30.3 Å². The molecule has 1 spiro atoms. The van der Waals surface area contributed by atoms with Gasteiger partial charge in [0.25, 0.3) is 0 Å². The number of hydrogen-bond donors (Lipinski definition) is 9. The zero-order chi connectivity index (χ0) is 56.3. The lowest BCUT2D eigenvalue weighted by Crippen LogP contribution is -2.62. The fourth-order valence-corrected chi connectivity index (χ4v) is 9.07. The van der Waals surface area contributed by atoms with Crippen molar-refractivity contribution in [3.8, 4) is 0 Å². The van der Waals surface area contributed by atoms with Gasteiger partial charge in [0.05, 0.1) is 42.7 Å². The Kier molecular flexibility index (Phi) is 39.9. The van der Waals surface area contributed by atoms with E-state index in [1.165, 1.54) is 39.8 Å². The van der Waals surface area contributed by atoms with Crippen LogP contribution in [0.2, 0.25) is 0 Å². The van der Waals surface area contributed by atoms with Gasteiger partial charge in [-0.3, -0.25) is 9.59 Å². The molecular weight excluding hydrogens is 1050 g/mol. The van der Waals surface area contributed by atoms with Gasteiger partial charge in [-0.2, -0.15) is 0 Å². The second-order valence-electron chi connectivity index (χ2n) is 18.6. The first kappa shape index (κ1) is 74.6. The van der Waals surface area contributed by atoms with E-state index < -0.39 is 116 Å². The highest BCUT2D eigenvalue weighted by molar-refractivity contribution is 6.63. The fraction of sp³-hybridized carbons (Fsp3) is 0.820. The molecule has 3 rings (SSSR count). The molecule has 2 fully saturated rings. The number of carbonyl (C=O) groups excluding carboxylic acids is 3. The molecule has 3 heterocycles. The van der Waals surface area contributed by atoms with Crippen molar-refractivity contribution in [2.24, 2.45) is 53.3 Å². The Bertz CT molecular complexity index is 1540. The molecule has 71 heavy (non-hydrogen) atoms. The SMILES string of the molecule is CC[C@H]1/C=C/C=C/C[C@@H](C)[C@H](O)[C@@](C)(O)C(=O)[C@@H](C)[C@H](O)[C@@H](C)C(=O)[C@@H](C)[C@H](O)[C@@H](C)/C=C/C(=O)O[C@@H]2[C@H](C)[C@H](C[C@H]1O)O[C@]1(CC[C@H](C)[C@H](C[C@@H](C)O)O1)[C@H]2C.CO.CO.CO.ClC(Cl)Cl.ClC(Cl)Cl. The molecule has 9 N–H and O–H groups in total. The lowest BCUT2D eigenvalue weighted by molar-refractivity contribution is -0.372. The summed E-state index contributed by atoms with van der Waals surface area (Å²) < 4.78 is 18.3. The molecule has 15 nitrogen and oxygen atoms in total. The number of carbonyl (C=O) groups is 3. The van der Waals surface area contributed by atoms with Crippen molar-refractivity contribution in [3.05, 3.63) is 36.5 Å². The molecule has 0 aromatic heterocycles. The molecule has 0 radical (unpaired) electrons. The van der Waals surface area contributed by atoms with Crippen LogP contribution in [-0.4, -0.2) is 154 Å². The van der Waals surface area contributed by atoms with Crippen LogP contribution in [0.25, 0.3) is 0 Å². The van der Waals surface area contributed by atoms with Crippen LogP contribution in [0, 0.1) is 53.3 Å². The summed E-state index contributed by atoms with van der Waals surface area (Å²) in [5.74, 6) is -8.49. The van der Waals surface area contributed by atoms with Gasteiger partial charge in [-0.05, 0) is 51.4 Å². The topological polar surface area (TPSA) is 261 Å². The molecule has 0 aromatic carbocycles. The van der Waals surface area contributed by atoms with Gasteiger partial charge in [0.15, 0.2) is 20.2 Å². The largest absolute Gasteiger partial charge is 0.458 e. The highest BCUT2D eigenvalue weighted by Gasteiger charge is 2.56. The predicted octanol–water partition coefficient (Wildman–Crippen LogP) is 7.65. The Hall–Kier alpha value is -0.670. The summed E-state index contributed by atoms with van der Waals surface area (Å²) in [6.45, 7) is 18.6. The van der Waals surface area contributed by atoms with Crippen LogP contribution < -0.4 is 0 Å². The molecule has 0 amide bonds. The van der Waals surface area contributed by atoms with E-state index in [1.807, 2.05) is 32.9 Å². The number of fused-ring (bicyclic) bond motifs is 2. The molecular formula is C50H88Cl6O15. The average molecular weight is 1140 g/mol. The number of ether oxygens (including phenoxy) is 3. The molecule has 0 unspecified atom stereocenters. The van der Waals surface area contributed by atoms with Crippen molar-refractivity contribution in [2.75, 3.05) is 21.3 Å². The van der Waals surface area contributed by atoms with Crippen LogP contribution >= 0.6 is 69.6 Å². The number of aliphatic hydroxyl groups is 9. The molecule has 2 bridgehead atoms. The number of alkyl halides is 6. The van der Waals surface area contributed by atoms with Gasteiger partial charge in [0.2, 0.25) is 0 Å². The van der Waals surface area contributed by atoms with E-state index in [1.54, 1.807) is 32.9 Å². The maximum Gasteiger partial charge on any atom is 0.330 e. The summed E-state index contributed by atoms with van der Waals surface area (Å²) in [5.41, 5.74) is -2.22. The number of hydrogen-bond acceptors (Lipinski definition) is 15. The second-order valence-corrected chi connectivity index (χ2v) is 22.6. The maximum absolute atomic E-state index is 13.5. The van der Waals surface area contributed by atoms with Crippen LogP contribution in [0.3, 0.4) is 0 Å². The number of allylic oxidation sites excluding steroid dienone is 3. The summed E-state index contributed by atoms with van der Waals surface area (Å²) in [6.07, 6.45) is 5.74. The number of rotatable bonds is 3. The highest BCUT2D eigenvalue weighted by Crippen LogP contribution is 2.49. The first-order chi connectivity index (χ1) is 33.0. The van der Waals surface area contributed by atoms with Gasteiger partial charge in [0.1, 0.15) is 17.5 Å². The van der Waals surface area contributed by atoms with Crippen molar-refractivity contribution in [3.63, 3.8) is 0 Å². The number of halogens is 6. The quantitative estimate of drug-likeness (QED) is 0.0971. The number of Topliss-reactive ketones (excluding diaryl/α,β-unsaturated/α-hetero) is 2. The molecule has 21 heteroatoms. The minimum absolute atomic E-state index is 0.164. The summed E-state index contributed by atoms with van der Waals surface area (Å²) in [4.78, 5) is 40.6. The van der Waals surface area contributed by atoms with Crippen LogP contribution in [0.4, 0.5) is 0 Å². The van der Waals surface area contributed by atoms with E-state index in [4.69, 9.17) is 99.1 Å². The minimum atomic E-state index is -2.22. The zero-order valence-electron chi connectivity index (χ0n) is 43.9. The number of ketones is 2. The van der Waals surface area contributed by atoms with Crippen molar-refractivity contribution in [1.82, 2.24) is 0 Å². The molecule has 2 saturated heterocycles. The summed E-state index contributed by atoms with van der Waals surface area (Å²) in [5, 5.41) is 87.7. The number of esters is 1. The third kappa shape index (κ3) is 24.9. The zero-order valence-corrected chi connectivity index (χ0v) is 48.5. The highest BCUT2D eigenvalue weighted by atomic mass is 35.6. The minimum Gasteiger partial charge on any atom is -0.458 e. The second kappa shape index (κ2) is 38.0. The van der Waals surface area contributed by atoms with E-state index in [0.29, 0.717) is 25.7 Å². The number of aliphatic hydroxyl groups excluding tert-OH is 8. The maximum atomic E-state index is 13.5. The van der Waals surface area contributed by atoms with Crippen LogP contribution in [0.15, 0.2) is 36.5 Å². The van der Waals surface area contributed by atoms with E-state index in [2.05, 4.69) is 6.92 Å². The molecule has 420 valence electrons. The lowest BCUT2D eigenvalue weighted by Gasteiger charge is -2.55. The normalized spacial score (nSPS) is 39.4. The summed E-state index contributed by atoms with van der Waals surface area (Å²) in [6, 6.07) is 0. The standard InChI is InChI=1S/C45H74O12.2CHCl3.3CH4O/c1-12-33-17-15-13-14-16-26(4)42(52)44(11,54)43(53)31(9)40(51)30(8)39(50)29(7)38(49)25(3)18-19-37(48)55-41-28(6)36(23-34(33)47)57-45(32(41)10)21-20-24(2)35(56-45)22-27(5)46;2*2-1(3)4;3*1-2/h13-15,17-19,24-36,38,40-42,46-47,49,51-52,54H,12,16,20-23H2,1-11H3;2*1H;3*2H,1H3/b14-13+,17-15+,19-18+;;;;;/t24-,25-,26+,27+,28+,29-,30-,31-,32-,33-,34+,35-,36-,38+,40+,41+,42-,44+,45+;;;;;/m0...../s1. The van der Waals surface area contributed by atoms with Gasteiger partial charge < -0.3 is 60.2 Å². The Morgan fingerprint density at radius 2 is 1.25 bits per heavy atom. The molecule has 3 aliphatic heterocycles. The average Bonchev–Trinajstić information content (AvgIpc) is 3.32. The summed E-state index contributed by atoms with van der Waals surface area (Å²) in [7, 11) is 3.00. The molecule has 0 aliphatic carbocycles. The third-order valence-electron chi connectivity index (χ3n) is 13.5. The van der Waals surface area contributed by atoms with Gasteiger partial charge in [-0.1, -0.05) is 162 Å².